The minimum absolute atomic E-state index is 0.0254. The van der Waals surface area contributed by atoms with E-state index in [-0.39, 0.29) is 11.3 Å². The number of benzene rings is 1. The Hall–Kier alpha value is -2.08. The fourth-order valence-corrected chi connectivity index (χ4v) is 2.89. The molecule has 0 radical (unpaired) electrons. The number of alkyl halides is 1. The monoisotopic (exact) mass is 335 g/mol. The number of amides is 1. The molecule has 0 aliphatic carbocycles. The summed E-state index contributed by atoms with van der Waals surface area (Å²) in [6.07, 6.45) is 1.34. The molecule has 2 heterocycles. The highest BCUT2D eigenvalue weighted by atomic mass is 35.5. The fraction of sp³-hybridized carbons (Fsp3) is 0.438. The topological polar surface area (TPSA) is 64.4 Å². The predicted octanol–water partition coefficient (Wildman–Crippen LogP) is 3.16. The summed E-state index contributed by atoms with van der Waals surface area (Å²) in [7, 11) is 0. The van der Waals surface area contributed by atoms with Crippen molar-refractivity contribution in [1.29, 1.82) is 0 Å². The van der Waals surface area contributed by atoms with Crippen LogP contribution in [-0.4, -0.2) is 39.3 Å². The van der Waals surface area contributed by atoms with Gasteiger partial charge in [-0.25, -0.2) is 4.79 Å². The molecule has 1 amide bonds. The lowest BCUT2D eigenvalue weighted by Gasteiger charge is -2.19. The first-order valence-electron chi connectivity index (χ1n) is 7.41. The highest BCUT2D eigenvalue weighted by Gasteiger charge is 2.31. The van der Waals surface area contributed by atoms with Crippen LogP contribution in [0.1, 0.15) is 27.2 Å². The molecular formula is C16H18ClN3O3. The Bertz CT molecular complexity index is 778. The second-order valence-electron chi connectivity index (χ2n) is 6.55. The van der Waals surface area contributed by atoms with E-state index in [2.05, 4.69) is 5.10 Å². The van der Waals surface area contributed by atoms with Crippen molar-refractivity contribution < 1.29 is 14.3 Å². The van der Waals surface area contributed by atoms with Crippen LogP contribution in [0, 0.1) is 0 Å². The highest BCUT2D eigenvalue weighted by Crippen LogP contribution is 2.31. The normalized spacial score (nSPS) is 18.7. The Labute approximate surface area is 138 Å². The van der Waals surface area contributed by atoms with Crippen molar-refractivity contribution in [3.05, 3.63) is 24.4 Å². The van der Waals surface area contributed by atoms with Crippen LogP contribution >= 0.6 is 11.6 Å². The van der Waals surface area contributed by atoms with Gasteiger partial charge in [-0.2, -0.15) is 9.78 Å². The number of rotatable bonds is 1. The van der Waals surface area contributed by atoms with E-state index in [0.29, 0.717) is 24.2 Å². The van der Waals surface area contributed by atoms with Crippen LogP contribution in [0.3, 0.4) is 0 Å². The minimum atomic E-state index is -0.607. The smallest absolute Gasteiger partial charge is 0.435 e. The first-order chi connectivity index (χ1) is 10.8. The van der Waals surface area contributed by atoms with Gasteiger partial charge in [-0.1, -0.05) is 6.07 Å². The van der Waals surface area contributed by atoms with Gasteiger partial charge < -0.3 is 9.64 Å². The van der Waals surface area contributed by atoms with Crippen LogP contribution in [0.25, 0.3) is 10.9 Å². The molecule has 6 nitrogen and oxygen atoms in total. The second-order valence-corrected chi connectivity index (χ2v) is 7.17. The fourth-order valence-electron chi connectivity index (χ4n) is 2.62. The molecule has 1 atom stereocenters. The number of anilines is 1. The summed E-state index contributed by atoms with van der Waals surface area (Å²) in [5.41, 5.74) is 0.706. The van der Waals surface area contributed by atoms with Gasteiger partial charge in [0.1, 0.15) is 5.60 Å². The Morgan fingerprint density at radius 2 is 2.13 bits per heavy atom. The maximum Gasteiger partial charge on any atom is 0.435 e. The summed E-state index contributed by atoms with van der Waals surface area (Å²) in [6, 6.07) is 5.39. The number of carbonyl (C=O) groups is 2. The van der Waals surface area contributed by atoms with Crippen molar-refractivity contribution in [3.8, 4) is 0 Å². The summed E-state index contributed by atoms with van der Waals surface area (Å²) >= 11 is 6.07. The summed E-state index contributed by atoms with van der Waals surface area (Å²) in [4.78, 5) is 26.0. The molecule has 0 spiro atoms. The number of ether oxygens (including phenoxy) is 1. The van der Waals surface area contributed by atoms with Gasteiger partial charge in [0.05, 0.1) is 22.8 Å². The third-order valence-corrected chi connectivity index (χ3v) is 3.82. The maximum atomic E-state index is 12.3. The molecule has 1 saturated heterocycles. The van der Waals surface area contributed by atoms with Crippen molar-refractivity contribution in [2.75, 3.05) is 11.4 Å². The van der Waals surface area contributed by atoms with Gasteiger partial charge in [-0.3, -0.25) is 4.79 Å². The van der Waals surface area contributed by atoms with Gasteiger partial charge in [0.2, 0.25) is 5.91 Å². The van der Waals surface area contributed by atoms with Crippen LogP contribution in [0.2, 0.25) is 0 Å². The summed E-state index contributed by atoms with van der Waals surface area (Å²) < 4.78 is 6.56. The minimum Gasteiger partial charge on any atom is -0.442 e. The molecular weight excluding hydrogens is 318 g/mol. The van der Waals surface area contributed by atoms with E-state index in [1.165, 1.54) is 4.68 Å². The molecule has 0 N–H and O–H groups in total. The Kier molecular flexibility index (Phi) is 3.80. The third-order valence-electron chi connectivity index (χ3n) is 3.53. The van der Waals surface area contributed by atoms with E-state index in [9.17, 15) is 9.59 Å². The van der Waals surface area contributed by atoms with E-state index in [0.717, 1.165) is 5.39 Å². The zero-order chi connectivity index (χ0) is 16.8. The number of aromatic nitrogens is 2. The molecule has 7 heteroatoms. The maximum absolute atomic E-state index is 12.3. The average Bonchev–Trinajstić information content (AvgIpc) is 2.99. The highest BCUT2D eigenvalue weighted by molar-refractivity contribution is 6.24. The summed E-state index contributed by atoms with van der Waals surface area (Å²) in [5, 5.41) is 4.65. The first kappa shape index (κ1) is 15.8. The number of nitrogens with zero attached hydrogens (tertiary/aromatic N) is 3. The van der Waals surface area contributed by atoms with E-state index in [4.69, 9.17) is 16.3 Å². The van der Waals surface area contributed by atoms with Crippen LogP contribution in [0.5, 0.6) is 0 Å². The number of carbonyl (C=O) groups excluding carboxylic acids is 2. The van der Waals surface area contributed by atoms with E-state index < -0.39 is 11.7 Å². The van der Waals surface area contributed by atoms with E-state index in [1.807, 2.05) is 6.07 Å². The molecule has 3 rings (SSSR count). The van der Waals surface area contributed by atoms with Gasteiger partial charge in [-0.15, -0.1) is 11.6 Å². The van der Waals surface area contributed by atoms with Gasteiger partial charge in [0, 0.05) is 18.4 Å². The quantitative estimate of drug-likeness (QED) is 0.751. The van der Waals surface area contributed by atoms with Crippen LogP contribution in [0.4, 0.5) is 10.5 Å². The van der Waals surface area contributed by atoms with E-state index >= 15 is 0 Å². The Morgan fingerprint density at radius 3 is 2.74 bits per heavy atom. The van der Waals surface area contributed by atoms with Crippen LogP contribution in [0.15, 0.2) is 24.4 Å². The van der Waals surface area contributed by atoms with Gasteiger partial charge >= 0.3 is 6.09 Å². The molecule has 2 aromatic rings. The summed E-state index contributed by atoms with van der Waals surface area (Å²) in [5.74, 6) is -0.0254. The predicted molar refractivity (Wildman–Crippen MR) is 88.0 cm³/mol. The van der Waals surface area contributed by atoms with Crippen molar-refractivity contribution in [2.24, 2.45) is 0 Å². The van der Waals surface area contributed by atoms with Crippen molar-refractivity contribution in [2.45, 2.75) is 38.2 Å². The largest absolute Gasteiger partial charge is 0.442 e. The first-order valence-corrected chi connectivity index (χ1v) is 7.84. The van der Waals surface area contributed by atoms with Crippen LogP contribution < -0.4 is 4.90 Å². The van der Waals surface area contributed by atoms with Gasteiger partial charge in [0.15, 0.2) is 0 Å². The van der Waals surface area contributed by atoms with Crippen molar-refractivity contribution in [1.82, 2.24) is 9.78 Å². The SMILES string of the molecule is CC(C)(C)OC(=O)n1ncc2c(N3CC(Cl)CC3=O)cccc21. The molecule has 0 bridgehead atoms. The average molecular weight is 336 g/mol. The van der Waals surface area contributed by atoms with Gasteiger partial charge in [-0.05, 0) is 32.9 Å². The molecule has 1 unspecified atom stereocenters. The van der Waals surface area contributed by atoms with Crippen molar-refractivity contribution in [3.63, 3.8) is 0 Å². The lowest BCUT2D eigenvalue weighted by Crippen LogP contribution is -2.27. The Balaban J connectivity index is 2.01. The second kappa shape index (κ2) is 5.53. The van der Waals surface area contributed by atoms with E-state index in [1.54, 1.807) is 44.0 Å². The van der Waals surface area contributed by atoms with Crippen molar-refractivity contribution >= 4 is 40.2 Å². The number of hydrogen-bond acceptors (Lipinski definition) is 4. The zero-order valence-corrected chi connectivity index (χ0v) is 14.0. The molecule has 1 aliphatic heterocycles. The molecule has 1 aromatic carbocycles. The molecule has 23 heavy (non-hydrogen) atoms. The Morgan fingerprint density at radius 1 is 1.39 bits per heavy atom. The number of halogens is 1. The van der Waals surface area contributed by atoms with Crippen LogP contribution in [-0.2, 0) is 9.53 Å². The summed E-state index contributed by atoms with van der Waals surface area (Å²) in [6.45, 7) is 5.85. The molecule has 0 saturated carbocycles. The molecule has 1 fully saturated rings. The lowest BCUT2D eigenvalue weighted by atomic mass is 10.2. The molecule has 1 aromatic heterocycles. The number of fused-ring (bicyclic) bond motifs is 1. The van der Waals surface area contributed by atoms with Gasteiger partial charge in [0.25, 0.3) is 0 Å². The third kappa shape index (κ3) is 3.03. The number of hydrogen-bond donors (Lipinski definition) is 0. The lowest BCUT2D eigenvalue weighted by molar-refractivity contribution is -0.117. The molecule has 122 valence electrons. The molecule has 1 aliphatic rings. The standard InChI is InChI=1S/C16H18ClN3O3/c1-16(2,3)23-15(22)20-13-6-4-5-12(11(13)8-18-20)19-9-10(17)7-14(19)21/h4-6,8,10H,7,9H2,1-3H3. The zero-order valence-electron chi connectivity index (χ0n) is 13.2.